The van der Waals surface area contributed by atoms with Gasteiger partial charge in [-0.05, 0) is 24.6 Å². The monoisotopic (exact) mass is 168 g/mol. The molecule has 0 bridgehead atoms. The molecule has 0 fully saturated rings. The Balaban J connectivity index is 3.00. The summed E-state index contributed by atoms with van der Waals surface area (Å²) in [6.07, 6.45) is 0. The van der Waals surface area contributed by atoms with Crippen molar-refractivity contribution in [2.24, 2.45) is 5.84 Å². The molecule has 0 aliphatic carbocycles. The predicted octanol–water partition coefficient (Wildman–Crippen LogP) is 0.622. The summed E-state index contributed by atoms with van der Waals surface area (Å²) < 4.78 is 0. The van der Waals surface area contributed by atoms with E-state index in [1.165, 1.54) is 6.07 Å². The third-order valence-electron chi connectivity index (χ3n) is 1.67. The maximum absolute atomic E-state index is 9.11. The average Bonchev–Trinajstić information content (AvgIpc) is 2.01. The Bertz CT molecular complexity index is 256. The number of hydrazine groups is 1. The SMILES string of the molecule is C[C@@H](NN)c1cc(O)cc(O)c1. The Hall–Kier alpha value is -1.26. The zero-order valence-electron chi connectivity index (χ0n) is 6.78. The molecule has 0 aliphatic rings. The van der Waals surface area contributed by atoms with Crippen LogP contribution in [-0.4, -0.2) is 10.2 Å². The minimum atomic E-state index is -0.0944. The summed E-state index contributed by atoms with van der Waals surface area (Å²) in [5, 5.41) is 18.2. The third kappa shape index (κ3) is 1.87. The highest BCUT2D eigenvalue weighted by atomic mass is 16.3. The average molecular weight is 168 g/mol. The Morgan fingerprint density at radius 3 is 2.17 bits per heavy atom. The number of rotatable bonds is 2. The van der Waals surface area contributed by atoms with Crippen molar-refractivity contribution in [2.45, 2.75) is 13.0 Å². The van der Waals surface area contributed by atoms with Crippen molar-refractivity contribution in [1.82, 2.24) is 5.43 Å². The lowest BCUT2D eigenvalue weighted by atomic mass is 10.1. The summed E-state index contributed by atoms with van der Waals surface area (Å²) in [6, 6.07) is 4.27. The Morgan fingerprint density at radius 1 is 1.25 bits per heavy atom. The van der Waals surface area contributed by atoms with E-state index < -0.39 is 0 Å². The standard InChI is InChI=1S/C8H12N2O2/c1-5(10-9)6-2-7(11)4-8(12)3-6/h2-5,10-12H,9H2,1H3/t5-/m1/s1. The molecule has 0 radical (unpaired) electrons. The first-order valence-electron chi connectivity index (χ1n) is 3.62. The van der Waals surface area contributed by atoms with Crippen molar-refractivity contribution in [2.75, 3.05) is 0 Å². The number of phenolic OH excluding ortho intramolecular Hbond substituents is 2. The van der Waals surface area contributed by atoms with Crippen molar-refractivity contribution in [3.8, 4) is 11.5 Å². The maximum Gasteiger partial charge on any atom is 0.119 e. The molecule has 0 saturated carbocycles. The second kappa shape index (κ2) is 3.42. The quantitative estimate of drug-likeness (QED) is 0.385. The predicted molar refractivity (Wildman–Crippen MR) is 45.5 cm³/mol. The molecule has 0 saturated heterocycles. The zero-order chi connectivity index (χ0) is 9.14. The van der Waals surface area contributed by atoms with Crippen molar-refractivity contribution < 1.29 is 10.2 Å². The molecular formula is C8H12N2O2. The normalized spacial score (nSPS) is 12.8. The van der Waals surface area contributed by atoms with Crippen LogP contribution in [0.15, 0.2) is 18.2 Å². The molecule has 1 aromatic rings. The van der Waals surface area contributed by atoms with Gasteiger partial charge in [0, 0.05) is 12.1 Å². The number of benzene rings is 1. The molecule has 0 heterocycles. The fourth-order valence-electron chi connectivity index (χ4n) is 0.964. The number of phenols is 2. The van der Waals surface area contributed by atoms with E-state index in [0.717, 1.165) is 5.56 Å². The van der Waals surface area contributed by atoms with E-state index in [2.05, 4.69) is 5.43 Å². The summed E-state index contributed by atoms with van der Waals surface area (Å²) in [4.78, 5) is 0. The van der Waals surface area contributed by atoms with Gasteiger partial charge in [0.2, 0.25) is 0 Å². The molecule has 12 heavy (non-hydrogen) atoms. The molecule has 4 nitrogen and oxygen atoms in total. The number of nitrogens with one attached hydrogen (secondary N) is 1. The summed E-state index contributed by atoms with van der Waals surface area (Å²) in [5.41, 5.74) is 3.26. The van der Waals surface area contributed by atoms with Gasteiger partial charge in [0.15, 0.2) is 0 Å². The molecule has 1 aromatic carbocycles. The van der Waals surface area contributed by atoms with Gasteiger partial charge in [0.25, 0.3) is 0 Å². The second-order valence-corrected chi connectivity index (χ2v) is 2.67. The van der Waals surface area contributed by atoms with Gasteiger partial charge in [-0.1, -0.05) is 0 Å². The molecule has 0 spiro atoms. The maximum atomic E-state index is 9.11. The molecule has 0 aromatic heterocycles. The van der Waals surface area contributed by atoms with Crippen LogP contribution in [0.5, 0.6) is 11.5 Å². The van der Waals surface area contributed by atoms with Crippen LogP contribution in [0, 0.1) is 0 Å². The van der Waals surface area contributed by atoms with Crippen molar-refractivity contribution >= 4 is 0 Å². The number of aromatic hydroxyl groups is 2. The largest absolute Gasteiger partial charge is 0.508 e. The van der Waals surface area contributed by atoms with Gasteiger partial charge in [-0.3, -0.25) is 11.3 Å². The van der Waals surface area contributed by atoms with E-state index in [4.69, 9.17) is 16.1 Å². The first-order chi connectivity index (χ1) is 5.63. The highest BCUT2D eigenvalue weighted by molar-refractivity contribution is 5.37. The fraction of sp³-hybridized carbons (Fsp3) is 0.250. The van der Waals surface area contributed by atoms with Crippen LogP contribution in [0.3, 0.4) is 0 Å². The number of hydrogen-bond acceptors (Lipinski definition) is 4. The summed E-state index contributed by atoms with van der Waals surface area (Å²) in [5.74, 6) is 5.26. The fourth-order valence-corrected chi connectivity index (χ4v) is 0.964. The number of nitrogens with two attached hydrogens (primary N) is 1. The van der Waals surface area contributed by atoms with Crippen LogP contribution < -0.4 is 11.3 Å². The topological polar surface area (TPSA) is 78.5 Å². The van der Waals surface area contributed by atoms with Gasteiger partial charge < -0.3 is 10.2 Å². The van der Waals surface area contributed by atoms with Gasteiger partial charge in [-0.15, -0.1) is 0 Å². The highest BCUT2D eigenvalue weighted by Gasteiger charge is 2.05. The second-order valence-electron chi connectivity index (χ2n) is 2.67. The molecule has 0 unspecified atom stereocenters. The molecule has 1 atom stereocenters. The minimum absolute atomic E-state index is 0.0344. The van der Waals surface area contributed by atoms with Crippen molar-refractivity contribution in [3.05, 3.63) is 23.8 Å². The van der Waals surface area contributed by atoms with Crippen LogP contribution >= 0.6 is 0 Å². The van der Waals surface area contributed by atoms with Crippen LogP contribution in [0.1, 0.15) is 18.5 Å². The molecular weight excluding hydrogens is 156 g/mol. The summed E-state index contributed by atoms with van der Waals surface area (Å²) in [7, 11) is 0. The molecule has 4 heteroatoms. The zero-order valence-corrected chi connectivity index (χ0v) is 6.78. The number of hydrogen-bond donors (Lipinski definition) is 4. The summed E-state index contributed by atoms with van der Waals surface area (Å²) >= 11 is 0. The van der Waals surface area contributed by atoms with Crippen LogP contribution in [0.25, 0.3) is 0 Å². The molecule has 0 amide bonds. The van der Waals surface area contributed by atoms with Crippen molar-refractivity contribution in [1.29, 1.82) is 0 Å². The van der Waals surface area contributed by atoms with Gasteiger partial charge in [-0.2, -0.15) is 0 Å². The van der Waals surface area contributed by atoms with Gasteiger partial charge in [0.1, 0.15) is 11.5 Å². The van der Waals surface area contributed by atoms with Crippen LogP contribution in [0.2, 0.25) is 0 Å². The van der Waals surface area contributed by atoms with E-state index in [1.54, 1.807) is 12.1 Å². The lowest BCUT2D eigenvalue weighted by Gasteiger charge is -2.10. The van der Waals surface area contributed by atoms with Crippen molar-refractivity contribution in [3.63, 3.8) is 0 Å². The molecule has 66 valence electrons. The van der Waals surface area contributed by atoms with E-state index in [0.29, 0.717) is 0 Å². The van der Waals surface area contributed by atoms with Crippen LogP contribution in [0.4, 0.5) is 0 Å². The van der Waals surface area contributed by atoms with E-state index in [1.807, 2.05) is 6.92 Å². The Morgan fingerprint density at radius 2 is 1.75 bits per heavy atom. The lowest BCUT2D eigenvalue weighted by molar-refractivity contribution is 0.446. The van der Waals surface area contributed by atoms with Crippen LogP contribution in [-0.2, 0) is 0 Å². The van der Waals surface area contributed by atoms with E-state index in [9.17, 15) is 0 Å². The smallest absolute Gasteiger partial charge is 0.119 e. The van der Waals surface area contributed by atoms with E-state index >= 15 is 0 Å². The lowest BCUT2D eigenvalue weighted by Crippen LogP contribution is -2.25. The van der Waals surface area contributed by atoms with E-state index in [-0.39, 0.29) is 17.5 Å². The van der Waals surface area contributed by atoms with Gasteiger partial charge in [-0.25, -0.2) is 0 Å². The first kappa shape index (κ1) is 8.83. The Kier molecular flexibility index (Phi) is 2.52. The molecule has 1 rings (SSSR count). The Labute approximate surface area is 70.6 Å². The summed E-state index contributed by atoms with van der Waals surface area (Å²) in [6.45, 7) is 1.83. The minimum Gasteiger partial charge on any atom is -0.508 e. The molecule has 0 aliphatic heterocycles. The third-order valence-corrected chi connectivity index (χ3v) is 1.67. The van der Waals surface area contributed by atoms with Gasteiger partial charge in [0.05, 0.1) is 0 Å². The molecule has 5 N–H and O–H groups in total. The first-order valence-corrected chi connectivity index (χ1v) is 3.62. The highest BCUT2D eigenvalue weighted by Crippen LogP contribution is 2.23. The van der Waals surface area contributed by atoms with Gasteiger partial charge >= 0.3 is 0 Å².